The highest BCUT2D eigenvalue weighted by atomic mass is 79.9. The highest BCUT2D eigenvalue weighted by molar-refractivity contribution is 9.10. The zero-order valence-corrected chi connectivity index (χ0v) is 12.1. The maximum absolute atomic E-state index is 12.0. The molecule has 0 aromatic heterocycles. The number of benzene rings is 2. The van der Waals surface area contributed by atoms with E-state index in [0.717, 1.165) is 15.8 Å². The molecule has 0 fully saturated rings. The minimum atomic E-state index is -0.0240. The third kappa shape index (κ3) is 3.80. The summed E-state index contributed by atoms with van der Waals surface area (Å²) in [6.45, 7) is 0. The molecule has 0 amide bonds. The van der Waals surface area contributed by atoms with Crippen LogP contribution in [0, 0.1) is 0 Å². The van der Waals surface area contributed by atoms with Gasteiger partial charge in [-0.25, -0.2) is 0 Å². The average Bonchev–Trinajstić information content (AvgIpc) is 2.45. The molecule has 19 heavy (non-hydrogen) atoms. The molecule has 0 saturated carbocycles. The Morgan fingerprint density at radius 2 is 1.95 bits per heavy atom. The fourth-order valence-corrected chi connectivity index (χ4v) is 2.05. The van der Waals surface area contributed by atoms with Gasteiger partial charge in [-0.15, -0.1) is 0 Å². The van der Waals surface area contributed by atoms with E-state index in [9.17, 15) is 4.79 Å². The van der Waals surface area contributed by atoms with E-state index in [1.54, 1.807) is 31.4 Å². The minimum absolute atomic E-state index is 0.0240. The lowest BCUT2D eigenvalue weighted by atomic mass is 10.1. The van der Waals surface area contributed by atoms with Gasteiger partial charge in [0.15, 0.2) is 5.78 Å². The van der Waals surface area contributed by atoms with Crippen molar-refractivity contribution in [3.8, 4) is 5.75 Å². The maximum atomic E-state index is 12.0. The van der Waals surface area contributed by atoms with E-state index >= 15 is 0 Å². The van der Waals surface area contributed by atoms with Gasteiger partial charge in [-0.2, -0.15) is 0 Å². The van der Waals surface area contributed by atoms with E-state index in [4.69, 9.17) is 4.74 Å². The molecule has 2 aromatic rings. The molecule has 0 heterocycles. The summed E-state index contributed by atoms with van der Waals surface area (Å²) >= 11 is 3.35. The van der Waals surface area contributed by atoms with Crippen molar-refractivity contribution in [1.29, 1.82) is 0 Å². The van der Waals surface area contributed by atoms with Crippen molar-refractivity contribution in [2.75, 3.05) is 7.11 Å². The second-order valence-electron chi connectivity index (χ2n) is 3.98. The van der Waals surface area contributed by atoms with Gasteiger partial charge >= 0.3 is 0 Å². The molecule has 0 spiro atoms. The van der Waals surface area contributed by atoms with Crippen LogP contribution < -0.4 is 4.74 Å². The minimum Gasteiger partial charge on any atom is -0.497 e. The SMILES string of the molecule is COc1cccc(/C=C/C(=O)c2cccc(Br)c2)c1. The molecule has 0 atom stereocenters. The first-order valence-electron chi connectivity index (χ1n) is 5.81. The zero-order valence-electron chi connectivity index (χ0n) is 10.5. The van der Waals surface area contributed by atoms with Crippen molar-refractivity contribution in [2.24, 2.45) is 0 Å². The molecule has 2 nitrogen and oxygen atoms in total. The second-order valence-corrected chi connectivity index (χ2v) is 4.90. The summed E-state index contributed by atoms with van der Waals surface area (Å²) in [7, 11) is 1.62. The number of carbonyl (C=O) groups excluding carboxylic acids is 1. The highest BCUT2D eigenvalue weighted by Crippen LogP contribution is 2.15. The van der Waals surface area contributed by atoms with Crippen LogP contribution in [0.2, 0.25) is 0 Å². The molecule has 3 heteroatoms. The van der Waals surface area contributed by atoms with Crippen LogP contribution in [0.4, 0.5) is 0 Å². The highest BCUT2D eigenvalue weighted by Gasteiger charge is 2.01. The Labute approximate surface area is 120 Å². The van der Waals surface area contributed by atoms with Crippen molar-refractivity contribution >= 4 is 27.8 Å². The fraction of sp³-hybridized carbons (Fsp3) is 0.0625. The van der Waals surface area contributed by atoms with Crippen LogP contribution in [-0.4, -0.2) is 12.9 Å². The van der Waals surface area contributed by atoms with Gasteiger partial charge in [-0.1, -0.05) is 46.3 Å². The monoisotopic (exact) mass is 316 g/mol. The number of hydrogen-bond donors (Lipinski definition) is 0. The molecule has 0 aliphatic heterocycles. The van der Waals surface area contributed by atoms with Gasteiger partial charge < -0.3 is 4.74 Å². The number of hydrogen-bond acceptors (Lipinski definition) is 2. The lowest BCUT2D eigenvalue weighted by Crippen LogP contribution is -1.93. The van der Waals surface area contributed by atoms with Gasteiger partial charge in [0, 0.05) is 10.0 Å². The van der Waals surface area contributed by atoms with Crippen molar-refractivity contribution in [3.05, 3.63) is 70.2 Å². The molecule has 0 radical (unpaired) electrons. The van der Waals surface area contributed by atoms with E-state index in [0.29, 0.717) is 5.56 Å². The Balaban J connectivity index is 2.16. The molecule has 0 N–H and O–H groups in total. The van der Waals surface area contributed by atoms with Gasteiger partial charge in [0.2, 0.25) is 0 Å². The molecule has 0 bridgehead atoms. The predicted octanol–water partition coefficient (Wildman–Crippen LogP) is 4.35. The van der Waals surface area contributed by atoms with Crippen LogP contribution in [0.5, 0.6) is 5.75 Å². The quantitative estimate of drug-likeness (QED) is 0.619. The number of ether oxygens (including phenoxy) is 1. The van der Waals surface area contributed by atoms with Crippen molar-refractivity contribution < 1.29 is 9.53 Å². The average molecular weight is 317 g/mol. The standard InChI is InChI=1S/C16H13BrO2/c1-19-15-7-2-4-12(10-15)8-9-16(18)13-5-3-6-14(17)11-13/h2-11H,1H3/b9-8+. The largest absolute Gasteiger partial charge is 0.497 e. The van der Waals surface area contributed by atoms with Gasteiger partial charge in [0.25, 0.3) is 0 Å². The predicted molar refractivity (Wildman–Crippen MR) is 80.5 cm³/mol. The van der Waals surface area contributed by atoms with E-state index in [2.05, 4.69) is 15.9 Å². The maximum Gasteiger partial charge on any atom is 0.185 e. The molecular weight excluding hydrogens is 304 g/mol. The summed E-state index contributed by atoms with van der Waals surface area (Å²) < 4.78 is 6.03. The number of carbonyl (C=O) groups is 1. The first-order chi connectivity index (χ1) is 9.19. The lowest BCUT2D eigenvalue weighted by molar-refractivity contribution is 0.104. The summed E-state index contributed by atoms with van der Waals surface area (Å²) in [5.74, 6) is 0.751. The number of rotatable bonds is 4. The van der Waals surface area contributed by atoms with Gasteiger partial charge in [0.1, 0.15) is 5.75 Å². The zero-order chi connectivity index (χ0) is 13.7. The molecule has 96 valence electrons. The fourth-order valence-electron chi connectivity index (χ4n) is 1.66. The van der Waals surface area contributed by atoms with E-state index in [-0.39, 0.29) is 5.78 Å². The van der Waals surface area contributed by atoms with Crippen molar-refractivity contribution in [3.63, 3.8) is 0 Å². The molecule has 2 rings (SSSR count). The van der Waals surface area contributed by atoms with Gasteiger partial charge in [-0.05, 0) is 35.9 Å². The summed E-state index contributed by atoms with van der Waals surface area (Å²) in [6, 6.07) is 14.9. The van der Waals surface area contributed by atoms with Gasteiger partial charge in [0.05, 0.1) is 7.11 Å². The summed E-state index contributed by atoms with van der Waals surface area (Å²) in [5, 5.41) is 0. The second kappa shape index (κ2) is 6.34. The third-order valence-electron chi connectivity index (χ3n) is 2.63. The Morgan fingerprint density at radius 1 is 1.16 bits per heavy atom. The molecule has 0 saturated heterocycles. The Kier molecular flexibility index (Phi) is 4.53. The van der Waals surface area contributed by atoms with Crippen LogP contribution in [0.3, 0.4) is 0 Å². The first kappa shape index (κ1) is 13.6. The number of allylic oxidation sites excluding steroid dienone is 1. The third-order valence-corrected chi connectivity index (χ3v) is 3.12. The van der Waals surface area contributed by atoms with Crippen LogP contribution in [0.25, 0.3) is 6.08 Å². The van der Waals surface area contributed by atoms with Gasteiger partial charge in [-0.3, -0.25) is 4.79 Å². The van der Waals surface area contributed by atoms with Crippen LogP contribution >= 0.6 is 15.9 Å². The normalized spacial score (nSPS) is 10.6. The number of halogens is 1. The Morgan fingerprint density at radius 3 is 2.68 bits per heavy atom. The molecule has 2 aromatic carbocycles. The topological polar surface area (TPSA) is 26.3 Å². The Hall–Kier alpha value is -1.87. The van der Waals surface area contributed by atoms with E-state index in [1.165, 1.54) is 0 Å². The molecular formula is C16H13BrO2. The molecule has 0 aliphatic carbocycles. The van der Waals surface area contributed by atoms with Crippen LogP contribution in [-0.2, 0) is 0 Å². The van der Waals surface area contributed by atoms with E-state index < -0.39 is 0 Å². The van der Waals surface area contributed by atoms with Crippen LogP contribution in [0.15, 0.2) is 59.1 Å². The summed E-state index contributed by atoms with van der Waals surface area (Å²) in [6.07, 6.45) is 3.35. The summed E-state index contributed by atoms with van der Waals surface area (Å²) in [4.78, 5) is 12.0. The Bertz CT molecular complexity index is 618. The summed E-state index contributed by atoms with van der Waals surface area (Å²) in [5.41, 5.74) is 1.59. The first-order valence-corrected chi connectivity index (χ1v) is 6.60. The molecule has 0 aliphatic rings. The van der Waals surface area contributed by atoms with Crippen LogP contribution in [0.1, 0.15) is 15.9 Å². The number of methoxy groups -OCH3 is 1. The molecule has 0 unspecified atom stereocenters. The number of ketones is 1. The smallest absolute Gasteiger partial charge is 0.185 e. The van der Waals surface area contributed by atoms with E-state index in [1.807, 2.05) is 36.4 Å². The van der Waals surface area contributed by atoms with Crippen molar-refractivity contribution in [1.82, 2.24) is 0 Å². The lowest BCUT2D eigenvalue weighted by Gasteiger charge is -2.00. The van der Waals surface area contributed by atoms with Crippen molar-refractivity contribution in [2.45, 2.75) is 0 Å².